The van der Waals surface area contributed by atoms with Crippen molar-refractivity contribution >= 4 is 44.2 Å². The van der Waals surface area contributed by atoms with Gasteiger partial charge >= 0.3 is 0 Å². The highest BCUT2D eigenvalue weighted by molar-refractivity contribution is 14.1. The van der Waals surface area contributed by atoms with Gasteiger partial charge in [-0.1, -0.05) is 0 Å². The Hall–Kier alpha value is -0.690. The molecule has 2 aromatic carbocycles. The van der Waals surface area contributed by atoms with E-state index in [1.54, 1.807) is 0 Å². The molecule has 0 aliphatic rings. The van der Waals surface area contributed by atoms with Gasteiger partial charge in [-0.3, -0.25) is 0 Å². The van der Waals surface area contributed by atoms with E-state index in [4.69, 9.17) is 0 Å². The molecule has 0 bridgehead atoms. The summed E-state index contributed by atoms with van der Waals surface area (Å²) in [6.07, 6.45) is 0. The van der Waals surface area contributed by atoms with E-state index in [1.807, 2.05) is 18.2 Å². The summed E-state index contributed by atoms with van der Waals surface area (Å²) < 4.78 is 28.4. The third-order valence-electron chi connectivity index (χ3n) is 2.41. The molecule has 0 amide bonds. The Balaban J connectivity index is 2.11. The Morgan fingerprint density at radius 2 is 1.89 bits per heavy atom. The van der Waals surface area contributed by atoms with Crippen molar-refractivity contribution in [3.05, 3.63) is 61.6 Å². The predicted octanol–water partition coefficient (Wildman–Crippen LogP) is 4.94. The monoisotopic (exact) mass is 423 g/mol. The Morgan fingerprint density at radius 1 is 1.11 bits per heavy atom. The van der Waals surface area contributed by atoms with Crippen LogP contribution in [0, 0.1) is 15.2 Å². The number of nitrogens with one attached hydrogen (secondary N) is 1. The predicted molar refractivity (Wildman–Crippen MR) is 80.5 cm³/mol. The van der Waals surface area contributed by atoms with Crippen LogP contribution in [0.15, 0.2) is 40.9 Å². The summed E-state index contributed by atoms with van der Waals surface area (Å²) in [6, 6.07) is 9.18. The molecule has 0 atom stereocenters. The molecule has 18 heavy (non-hydrogen) atoms. The molecule has 0 saturated carbocycles. The van der Waals surface area contributed by atoms with Gasteiger partial charge in [0.05, 0.1) is 0 Å². The van der Waals surface area contributed by atoms with Gasteiger partial charge in [0.2, 0.25) is 0 Å². The Kier molecular flexibility index (Phi) is 4.55. The van der Waals surface area contributed by atoms with E-state index < -0.39 is 11.6 Å². The number of rotatable bonds is 3. The van der Waals surface area contributed by atoms with Crippen molar-refractivity contribution in [1.82, 2.24) is 0 Å². The molecule has 5 heteroatoms. The van der Waals surface area contributed by atoms with E-state index in [-0.39, 0.29) is 6.54 Å². The molecule has 0 fully saturated rings. The first-order valence-corrected chi connectivity index (χ1v) is 7.06. The van der Waals surface area contributed by atoms with E-state index in [9.17, 15) is 8.78 Å². The summed E-state index contributed by atoms with van der Waals surface area (Å²) >= 11 is 5.62. The summed E-state index contributed by atoms with van der Waals surface area (Å²) in [6.45, 7) is 0.247. The van der Waals surface area contributed by atoms with Crippen LogP contribution in [0.3, 0.4) is 0 Å². The molecular formula is C13H9BrF2IN. The second-order valence-electron chi connectivity index (χ2n) is 3.72. The maximum atomic E-state index is 13.4. The van der Waals surface area contributed by atoms with Gasteiger partial charge in [-0.05, 0) is 74.9 Å². The molecule has 94 valence electrons. The molecule has 0 saturated heterocycles. The molecular weight excluding hydrogens is 415 g/mol. The van der Waals surface area contributed by atoms with Gasteiger partial charge in [0.1, 0.15) is 11.6 Å². The number of anilines is 1. The molecule has 0 aromatic heterocycles. The van der Waals surface area contributed by atoms with E-state index in [0.29, 0.717) is 5.56 Å². The fourth-order valence-corrected chi connectivity index (χ4v) is 2.20. The second-order valence-corrected chi connectivity index (χ2v) is 5.73. The molecule has 0 radical (unpaired) electrons. The van der Waals surface area contributed by atoms with Crippen molar-refractivity contribution in [2.45, 2.75) is 6.54 Å². The molecule has 1 nitrogen and oxygen atoms in total. The topological polar surface area (TPSA) is 12.0 Å². The third kappa shape index (κ3) is 3.41. The standard InChI is InChI=1S/C13H9BrF2IN/c14-11-6-10(2-4-13(11)17)18-7-8-5-9(15)1-3-12(8)16/h1-6,18H,7H2. The first kappa shape index (κ1) is 13.7. The fraction of sp³-hybridized carbons (Fsp3) is 0.0769. The van der Waals surface area contributed by atoms with Crippen LogP contribution < -0.4 is 5.32 Å². The number of halogens is 4. The maximum Gasteiger partial charge on any atom is 0.128 e. The third-order valence-corrected chi connectivity index (χ3v) is 4.75. The summed E-state index contributed by atoms with van der Waals surface area (Å²) in [5, 5.41) is 3.06. The van der Waals surface area contributed by atoms with E-state index in [0.717, 1.165) is 25.9 Å². The van der Waals surface area contributed by atoms with Crippen LogP contribution in [-0.4, -0.2) is 0 Å². The largest absolute Gasteiger partial charge is 0.381 e. The van der Waals surface area contributed by atoms with Gasteiger partial charge in [-0.25, -0.2) is 8.78 Å². The van der Waals surface area contributed by atoms with Crippen LogP contribution in [0.25, 0.3) is 0 Å². The lowest BCUT2D eigenvalue weighted by Gasteiger charge is -2.08. The van der Waals surface area contributed by atoms with Crippen molar-refractivity contribution in [1.29, 1.82) is 0 Å². The summed E-state index contributed by atoms with van der Waals surface area (Å²) in [4.78, 5) is 0. The number of hydrogen-bond acceptors (Lipinski definition) is 1. The Labute approximate surface area is 126 Å². The van der Waals surface area contributed by atoms with Crippen molar-refractivity contribution in [3.8, 4) is 0 Å². The van der Waals surface area contributed by atoms with Crippen molar-refractivity contribution < 1.29 is 8.78 Å². The van der Waals surface area contributed by atoms with E-state index in [2.05, 4.69) is 43.8 Å². The minimum absolute atomic E-state index is 0.247. The molecule has 0 unspecified atom stereocenters. The Morgan fingerprint density at radius 3 is 2.61 bits per heavy atom. The van der Waals surface area contributed by atoms with Crippen LogP contribution in [0.2, 0.25) is 0 Å². The minimum atomic E-state index is -0.433. The van der Waals surface area contributed by atoms with Gasteiger partial charge in [0, 0.05) is 25.8 Å². The molecule has 2 rings (SSSR count). The molecule has 0 heterocycles. The number of hydrogen-bond donors (Lipinski definition) is 1. The zero-order chi connectivity index (χ0) is 13.1. The average molecular weight is 424 g/mol. The first-order valence-electron chi connectivity index (χ1n) is 5.19. The molecule has 1 N–H and O–H groups in total. The highest BCUT2D eigenvalue weighted by Gasteiger charge is 2.04. The van der Waals surface area contributed by atoms with Gasteiger partial charge in [0.25, 0.3) is 0 Å². The second kappa shape index (κ2) is 5.97. The molecule has 2 aromatic rings. The van der Waals surface area contributed by atoms with Gasteiger partial charge in [0.15, 0.2) is 0 Å². The fourth-order valence-electron chi connectivity index (χ4n) is 1.48. The lowest BCUT2D eigenvalue weighted by atomic mass is 10.2. The zero-order valence-corrected chi connectivity index (χ0v) is 12.9. The summed E-state index contributed by atoms with van der Waals surface area (Å²) in [7, 11) is 0. The average Bonchev–Trinajstić information content (AvgIpc) is 2.34. The van der Waals surface area contributed by atoms with Gasteiger partial charge < -0.3 is 5.32 Å². The molecule has 0 spiro atoms. The van der Waals surface area contributed by atoms with Crippen LogP contribution in [0.4, 0.5) is 14.5 Å². The highest BCUT2D eigenvalue weighted by Crippen LogP contribution is 2.23. The van der Waals surface area contributed by atoms with Crippen molar-refractivity contribution in [2.75, 3.05) is 5.32 Å². The van der Waals surface area contributed by atoms with Crippen LogP contribution in [0.1, 0.15) is 5.56 Å². The van der Waals surface area contributed by atoms with Crippen molar-refractivity contribution in [3.63, 3.8) is 0 Å². The number of benzene rings is 2. The Bertz CT molecular complexity index is 575. The minimum Gasteiger partial charge on any atom is -0.381 e. The van der Waals surface area contributed by atoms with Crippen LogP contribution in [0.5, 0.6) is 0 Å². The first-order chi connectivity index (χ1) is 8.56. The van der Waals surface area contributed by atoms with E-state index in [1.165, 1.54) is 6.07 Å². The van der Waals surface area contributed by atoms with Crippen LogP contribution in [-0.2, 0) is 6.54 Å². The highest BCUT2D eigenvalue weighted by atomic mass is 127. The molecule has 0 aliphatic carbocycles. The normalized spacial score (nSPS) is 10.4. The lowest BCUT2D eigenvalue weighted by Crippen LogP contribution is -2.02. The smallest absolute Gasteiger partial charge is 0.128 e. The SMILES string of the molecule is Fc1ccc(F)c(CNc2ccc(I)c(Br)c2)c1. The summed E-state index contributed by atoms with van der Waals surface area (Å²) in [5.41, 5.74) is 1.16. The van der Waals surface area contributed by atoms with Gasteiger partial charge in [-0.15, -0.1) is 0 Å². The van der Waals surface area contributed by atoms with Crippen molar-refractivity contribution in [2.24, 2.45) is 0 Å². The quantitative estimate of drug-likeness (QED) is 0.689. The molecule has 0 aliphatic heterocycles. The lowest BCUT2D eigenvalue weighted by molar-refractivity contribution is 0.587. The van der Waals surface area contributed by atoms with E-state index >= 15 is 0 Å². The van der Waals surface area contributed by atoms with Crippen LogP contribution >= 0.6 is 38.5 Å². The van der Waals surface area contributed by atoms with Gasteiger partial charge in [-0.2, -0.15) is 0 Å². The summed E-state index contributed by atoms with van der Waals surface area (Å²) in [5.74, 6) is -0.842. The maximum absolute atomic E-state index is 13.4. The zero-order valence-electron chi connectivity index (χ0n) is 9.18.